The average Bonchev–Trinajstić information content (AvgIpc) is 2.14. The largest absolute Gasteiger partial charge is 0.271 e. The smallest absolute Gasteiger partial charge is 0.124 e. The molecule has 39 valence electrons. The molecule has 0 atom stereocenters. The Hall–Kier alpha value is 0.370. The van der Waals surface area contributed by atoms with Gasteiger partial charge in [0.15, 0.2) is 0 Å². The second-order valence-corrected chi connectivity index (χ2v) is 3.16. The number of rotatable bonds is 0. The molecule has 7 heavy (non-hydrogen) atoms. The van der Waals surface area contributed by atoms with Crippen LogP contribution in [0.25, 0.3) is 0 Å². The van der Waals surface area contributed by atoms with Gasteiger partial charge in [-0.05, 0) is 0 Å². The van der Waals surface area contributed by atoms with Crippen LogP contribution in [0.5, 0.6) is 0 Å². The molecule has 0 amide bonds. The summed E-state index contributed by atoms with van der Waals surface area (Å²) >= 11 is 3.29. The van der Waals surface area contributed by atoms with Crippen LogP contribution < -0.4 is 0 Å². The third-order valence-corrected chi connectivity index (χ3v) is 2.53. The average molecular weight is 132 g/mol. The highest BCUT2D eigenvalue weighted by Gasteiger charge is 2.02. The topological polar surface area (TPSA) is 12.4 Å². The zero-order valence-corrected chi connectivity index (χ0v) is 5.52. The van der Waals surface area contributed by atoms with Crippen LogP contribution in [0.1, 0.15) is 0 Å². The minimum Gasteiger partial charge on any atom is -0.271 e. The van der Waals surface area contributed by atoms with E-state index in [1.54, 1.807) is 11.8 Å². The summed E-state index contributed by atoms with van der Waals surface area (Å²) in [7, 11) is 0. The van der Waals surface area contributed by atoms with Crippen LogP contribution >= 0.6 is 23.5 Å². The van der Waals surface area contributed by atoms with Crippen LogP contribution in [0.4, 0.5) is 0 Å². The second-order valence-electron chi connectivity index (χ2n) is 1.14. The molecule has 0 unspecified atom stereocenters. The molecule has 1 nitrogen and oxygen atoms in total. The third-order valence-electron chi connectivity index (χ3n) is 0.681. The fourth-order valence-electron chi connectivity index (χ4n) is 0.403. The van der Waals surface area contributed by atoms with Crippen molar-refractivity contribution < 1.29 is 0 Å². The number of aliphatic imine (C=N–C) groups is 1. The van der Waals surface area contributed by atoms with Crippen LogP contribution in [0.15, 0.2) is 4.99 Å². The van der Waals surface area contributed by atoms with Crippen molar-refractivity contribution in [2.45, 2.75) is 0 Å². The maximum atomic E-state index is 4.13. The molecule has 0 N–H and O–H groups in total. The first-order valence-electron chi connectivity index (χ1n) is 2.03. The van der Waals surface area contributed by atoms with Crippen molar-refractivity contribution in [3.63, 3.8) is 0 Å². The fraction of sp³-hybridized carbons (Fsp3) is 0.500. The van der Waals surface area contributed by atoms with E-state index in [1.807, 2.05) is 0 Å². The van der Waals surface area contributed by atoms with Gasteiger partial charge in [0.25, 0.3) is 0 Å². The van der Waals surface area contributed by atoms with Gasteiger partial charge in [0, 0.05) is 12.0 Å². The first-order chi connectivity index (χ1) is 3.43. The van der Waals surface area contributed by atoms with Gasteiger partial charge >= 0.3 is 0 Å². The first kappa shape index (κ1) is 5.51. The lowest BCUT2D eigenvalue weighted by Gasteiger charge is -1.85. The molecule has 0 bridgehead atoms. The van der Waals surface area contributed by atoms with E-state index in [9.17, 15) is 0 Å². The zero-order chi connectivity index (χ0) is 5.11. The minimum atomic E-state index is 0.989. The van der Waals surface area contributed by atoms with Crippen molar-refractivity contribution in [3.8, 4) is 0 Å². The van der Waals surface area contributed by atoms with Gasteiger partial charge in [-0.3, -0.25) is 4.99 Å². The normalized spacial score (nSPS) is 19.9. The van der Waals surface area contributed by atoms with Crippen molar-refractivity contribution >= 4 is 27.9 Å². The third kappa shape index (κ3) is 1.39. The van der Waals surface area contributed by atoms with E-state index in [1.165, 1.54) is 11.8 Å². The lowest BCUT2D eigenvalue weighted by molar-refractivity contribution is 1.18. The van der Waals surface area contributed by atoms with Gasteiger partial charge in [0.05, 0.1) is 6.54 Å². The molecule has 1 radical (unpaired) electrons. The molecule has 1 heterocycles. The number of hydrogen-bond donors (Lipinski definition) is 0. The summed E-state index contributed by atoms with van der Waals surface area (Å²) in [5.41, 5.74) is 0. The van der Waals surface area contributed by atoms with Gasteiger partial charge in [-0.1, -0.05) is 23.5 Å². The quantitative estimate of drug-likeness (QED) is 0.496. The Balaban J connectivity index is 2.36. The van der Waals surface area contributed by atoms with E-state index in [0.717, 1.165) is 16.7 Å². The van der Waals surface area contributed by atoms with Gasteiger partial charge in [0.2, 0.25) is 0 Å². The molecule has 0 aromatic rings. The summed E-state index contributed by atoms with van der Waals surface area (Å²) < 4.78 is 1.14. The van der Waals surface area contributed by atoms with Gasteiger partial charge in [0.1, 0.15) is 4.38 Å². The SMILES string of the molecule is [CH2]SC1=NCCS1. The van der Waals surface area contributed by atoms with E-state index < -0.39 is 0 Å². The van der Waals surface area contributed by atoms with Crippen LogP contribution in [0.3, 0.4) is 0 Å². The monoisotopic (exact) mass is 132 g/mol. The number of thioether (sulfide) groups is 2. The highest BCUT2D eigenvalue weighted by Crippen LogP contribution is 2.19. The standard InChI is InChI=1S/C4H6NS2/c1-6-4-5-2-3-7-4/h1-3H2. The van der Waals surface area contributed by atoms with Crippen molar-refractivity contribution in [2.75, 3.05) is 12.3 Å². The summed E-state index contributed by atoms with van der Waals surface area (Å²) in [5, 5.41) is 0. The van der Waals surface area contributed by atoms with Crippen molar-refractivity contribution in [3.05, 3.63) is 6.26 Å². The van der Waals surface area contributed by atoms with Crippen molar-refractivity contribution in [1.29, 1.82) is 0 Å². The van der Waals surface area contributed by atoms with E-state index >= 15 is 0 Å². The Kier molecular flexibility index (Phi) is 2.06. The molecule has 3 heteroatoms. The summed E-state index contributed by atoms with van der Waals surface area (Å²) in [4.78, 5) is 4.13. The molecule has 0 fully saturated rings. The molecule has 0 aliphatic carbocycles. The van der Waals surface area contributed by atoms with Gasteiger partial charge < -0.3 is 0 Å². The maximum absolute atomic E-state index is 4.13. The Morgan fingerprint density at radius 1 is 1.86 bits per heavy atom. The molecule has 0 spiro atoms. The molecule has 0 saturated heterocycles. The Bertz CT molecular complexity index is 89.7. The van der Waals surface area contributed by atoms with E-state index in [2.05, 4.69) is 11.2 Å². The lowest BCUT2D eigenvalue weighted by atomic mass is 10.8. The molecule has 1 rings (SSSR count). The van der Waals surface area contributed by atoms with E-state index in [4.69, 9.17) is 0 Å². The maximum Gasteiger partial charge on any atom is 0.124 e. The van der Waals surface area contributed by atoms with Crippen molar-refractivity contribution in [1.82, 2.24) is 0 Å². The first-order valence-corrected chi connectivity index (χ1v) is 4.00. The Morgan fingerprint density at radius 3 is 3.00 bits per heavy atom. The zero-order valence-electron chi connectivity index (χ0n) is 3.89. The fourth-order valence-corrected chi connectivity index (χ4v) is 1.71. The highest BCUT2D eigenvalue weighted by atomic mass is 32.2. The molecule has 1 aliphatic heterocycles. The van der Waals surface area contributed by atoms with Crippen LogP contribution in [-0.4, -0.2) is 16.7 Å². The van der Waals surface area contributed by atoms with E-state index in [-0.39, 0.29) is 0 Å². The Morgan fingerprint density at radius 2 is 2.71 bits per heavy atom. The predicted molar refractivity (Wildman–Crippen MR) is 37.7 cm³/mol. The highest BCUT2D eigenvalue weighted by molar-refractivity contribution is 8.39. The second kappa shape index (κ2) is 2.62. The molecular weight excluding hydrogens is 126 g/mol. The summed E-state index contributed by atoms with van der Waals surface area (Å²) in [6, 6.07) is 0. The Labute approximate surface area is 52.0 Å². The molecule has 0 aromatic carbocycles. The molecule has 1 aliphatic rings. The molecule has 0 saturated carbocycles. The minimum absolute atomic E-state index is 0.989. The predicted octanol–water partition coefficient (Wildman–Crippen LogP) is 1.61. The molecule has 0 aromatic heterocycles. The summed E-state index contributed by atoms with van der Waals surface area (Å²) in [6.07, 6.45) is 3.63. The van der Waals surface area contributed by atoms with Crippen LogP contribution in [0.2, 0.25) is 0 Å². The number of nitrogens with zero attached hydrogens (tertiary/aromatic N) is 1. The van der Waals surface area contributed by atoms with Crippen LogP contribution in [0, 0.1) is 6.26 Å². The molecular formula is C4H6NS2. The summed E-state index contributed by atoms with van der Waals surface area (Å²) in [5.74, 6) is 1.15. The van der Waals surface area contributed by atoms with E-state index in [0.29, 0.717) is 0 Å². The van der Waals surface area contributed by atoms with Crippen LogP contribution in [-0.2, 0) is 0 Å². The lowest BCUT2D eigenvalue weighted by Crippen LogP contribution is -1.70. The van der Waals surface area contributed by atoms with Gasteiger partial charge in [-0.25, -0.2) is 0 Å². The van der Waals surface area contributed by atoms with Crippen molar-refractivity contribution in [2.24, 2.45) is 4.99 Å². The summed E-state index contributed by atoms with van der Waals surface area (Å²) in [6.45, 7) is 0.989. The van der Waals surface area contributed by atoms with Gasteiger partial charge in [-0.2, -0.15) is 0 Å². The number of hydrogen-bond acceptors (Lipinski definition) is 3. The van der Waals surface area contributed by atoms with Gasteiger partial charge in [-0.15, -0.1) is 0 Å².